The third kappa shape index (κ3) is 3.14. The highest BCUT2D eigenvalue weighted by molar-refractivity contribution is 5.03. The lowest BCUT2D eigenvalue weighted by molar-refractivity contribution is 0.0236. The minimum absolute atomic E-state index is 0.266. The van der Waals surface area contributed by atoms with Gasteiger partial charge in [-0.1, -0.05) is 6.92 Å². The van der Waals surface area contributed by atoms with Crippen LogP contribution in [0, 0.1) is 0 Å². The van der Waals surface area contributed by atoms with Gasteiger partial charge in [0.05, 0.1) is 0 Å². The van der Waals surface area contributed by atoms with Crippen LogP contribution >= 0.6 is 0 Å². The summed E-state index contributed by atoms with van der Waals surface area (Å²) in [4.78, 5) is 5.40. The van der Waals surface area contributed by atoms with Gasteiger partial charge in [-0.05, 0) is 78.6 Å². The van der Waals surface area contributed by atoms with Gasteiger partial charge in [-0.25, -0.2) is 0 Å². The molecule has 3 nitrogen and oxygen atoms in total. The second kappa shape index (κ2) is 6.11. The number of hydrogen-bond donors (Lipinski definition) is 1. The Kier molecular flexibility index (Phi) is 4.91. The summed E-state index contributed by atoms with van der Waals surface area (Å²) in [6.07, 6.45) is 7.79. The fourth-order valence-corrected chi connectivity index (χ4v) is 4.35. The molecule has 3 heteroatoms. The van der Waals surface area contributed by atoms with Crippen LogP contribution < -0.4 is 5.73 Å². The minimum Gasteiger partial charge on any atom is -0.329 e. The lowest BCUT2D eigenvalue weighted by Gasteiger charge is -2.48. The second-order valence-corrected chi connectivity index (χ2v) is 7.19. The predicted molar refractivity (Wildman–Crippen MR) is 82.4 cm³/mol. The largest absolute Gasteiger partial charge is 0.329 e. The van der Waals surface area contributed by atoms with Crippen LogP contribution in [-0.4, -0.2) is 53.6 Å². The Morgan fingerprint density at radius 3 is 2.32 bits per heavy atom. The van der Waals surface area contributed by atoms with Crippen molar-refractivity contribution in [1.82, 2.24) is 9.80 Å². The van der Waals surface area contributed by atoms with Crippen molar-refractivity contribution in [3.8, 4) is 0 Å². The van der Waals surface area contributed by atoms with E-state index in [-0.39, 0.29) is 5.54 Å². The smallest absolute Gasteiger partial charge is 0.0349 e. The van der Waals surface area contributed by atoms with Gasteiger partial charge < -0.3 is 10.6 Å². The van der Waals surface area contributed by atoms with Crippen molar-refractivity contribution in [2.75, 3.05) is 32.7 Å². The van der Waals surface area contributed by atoms with Gasteiger partial charge in [-0.15, -0.1) is 0 Å². The fourth-order valence-electron chi connectivity index (χ4n) is 4.35. The van der Waals surface area contributed by atoms with Crippen LogP contribution in [-0.2, 0) is 0 Å². The topological polar surface area (TPSA) is 32.5 Å². The van der Waals surface area contributed by atoms with Crippen molar-refractivity contribution in [2.45, 2.75) is 70.4 Å². The van der Waals surface area contributed by atoms with E-state index in [9.17, 15) is 0 Å². The molecule has 112 valence electrons. The van der Waals surface area contributed by atoms with E-state index in [1.165, 1.54) is 64.7 Å². The van der Waals surface area contributed by atoms with Crippen molar-refractivity contribution in [3.05, 3.63) is 0 Å². The maximum Gasteiger partial charge on any atom is 0.0349 e. The highest BCUT2D eigenvalue weighted by Gasteiger charge is 2.45. The van der Waals surface area contributed by atoms with Gasteiger partial charge in [0, 0.05) is 17.6 Å². The molecule has 0 aromatic rings. The van der Waals surface area contributed by atoms with Gasteiger partial charge in [-0.3, -0.25) is 4.90 Å². The molecule has 0 radical (unpaired) electrons. The molecule has 0 spiro atoms. The summed E-state index contributed by atoms with van der Waals surface area (Å²) in [5.41, 5.74) is 6.88. The normalized spacial score (nSPS) is 33.5. The molecule has 2 aliphatic heterocycles. The van der Waals surface area contributed by atoms with E-state index >= 15 is 0 Å². The molecule has 2 fully saturated rings. The molecule has 0 aromatic carbocycles. The Balaban J connectivity index is 2.10. The lowest BCUT2D eigenvalue weighted by atomic mass is 9.85. The van der Waals surface area contributed by atoms with E-state index in [1.54, 1.807) is 0 Å². The van der Waals surface area contributed by atoms with E-state index in [4.69, 9.17) is 5.73 Å². The SMILES string of the molecule is CCCN1CCCC(CN)(N2CCCC2(C)C)CC1. The molecule has 1 atom stereocenters. The molecule has 1 unspecified atom stereocenters. The van der Waals surface area contributed by atoms with Crippen LogP contribution in [0.2, 0.25) is 0 Å². The second-order valence-electron chi connectivity index (χ2n) is 7.19. The average molecular weight is 267 g/mol. The van der Waals surface area contributed by atoms with Crippen LogP contribution in [0.1, 0.15) is 59.3 Å². The molecule has 0 bridgehead atoms. The zero-order valence-electron chi connectivity index (χ0n) is 13.2. The Hall–Kier alpha value is -0.120. The molecule has 0 aliphatic carbocycles. The van der Waals surface area contributed by atoms with Crippen LogP contribution in [0.25, 0.3) is 0 Å². The summed E-state index contributed by atoms with van der Waals surface area (Å²) >= 11 is 0. The number of nitrogens with zero attached hydrogens (tertiary/aromatic N) is 2. The number of rotatable bonds is 4. The Bertz CT molecular complexity index is 290. The first-order valence-electron chi connectivity index (χ1n) is 8.24. The molecular weight excluding hydrogens is 234 g/mol. The van der Waals surface area contributed by atoms with Gasteiger partial charge in [0.1, 0.15) is 0 Å². The van der Waals surface area contributed by atoms with E-state index in [1.807, 2.05) is 0 Å². The Labute approximate surface area is 119 Å². The number of likely N-dealkylation sites (tertiary alicyclic amines) is 2. The monoisotopic (exact) mass is 267 g/mol. The number of hydrogen-bond acceptors (Lipinski definition) is 3. The van der Waals surface area contributed by atoms with Crippen LogP contribution in [0.15, 0.2) is 0 Å². The zero-order valence-corrected chi connectivity index (χ0v) is 13.2. The summed E-state index contributed by atoms with van der Waals surface area (Å²) in [5.74, 6) is 0. The molecule has 0 amide bonds. The van der Waals surface area contributed by atoms with Crippen molar-refractivity contribution < 1.29 is 0 Å². The first-order valence-corrected chi connectivity index (χ1v) is 8.24. The van der Waals surface area contributed by atoms with E-state index in [0.29, 0.717) is 5.54 Å². The summed E-state index contributed by atoms with van der Waals surface area (Å²) in [7, 11) is 0. The van der Waals surface area contributed by atoms with Crippen LogP contribution in [0.4, 0.5) is 0 Å². The third-order valence-electron chi connectivity index (χ3n) is 5.40. The highest BCUT2D eigenvalue weighted by Crippen LogP contribution is 2.39. The van der Waals surface area contributed by atoms with Crippen molar-refractivity contribution in [2.24, 2.45) is 5.73 Å². The van der Waals surface area contributed by atoms with Crippen molar-refractivity contribution >= 4 is 0 Å². The average Bonchev–Trinajstić information content (AvgIpc) is 2.62. The Morgan fingerprint density at radius 1 is 1.00 bits per heavy atom. The quantitative estimate of drug-likeness (QED) is 0.849. The van der Waals surface area contributed by atoms with Crippen molar-refractivity contribution in [1.29, 1.82) is 0 Å². The van der Waals surface area contributed by atoms with Gasteiger partial charge in [0.25, 0.3) is 0 Å². The molecular formula is C16H33N3. The number of nitrogens with two attached hydrogens (primary N) is 1. The molecule has 2 aliphatic rings. The lowest BCUT2D eigenvalue weighted by Crippen LogP contribution is -2.59. The van der Waals surface area contributed by atoms with Crippen molar-refractivity contribution in [3.63, 3.8) is 0 Å². The zero-order chi connectivity index (χ0) is 13.9. The third-order valence-corrected chi connectivity index (χ3v) is 5.40. The van der Waals surface area contributed by atoms with Crippen LogP contribution in [0.3, 0.4) is 0 Å². The fraction of sp³-hybridized carbons (Fsp3) is 1.00. The van der Waals surface area contributed by atoms with Gasteiger partial charge in [0.2, 0.25) is 0 Å². The molecule has 2 N–H and O–H groups in total. The highest BCUT2D eigenvalue weighted by atomic mass is 15.3. The molecule has 0 saturated carbocycles. The summed E-state index contributed by atoms with van der Waals surface area (Å²) < 4.78 is 0. The maximum atomic E-state index is 6.27. The summed E-state index contributed by atoms with van der Waals surface area (Å²) in [6, 6.07) is 0. The van der Waals surface area contributed by atoms with E-state index in [0.717, 1.165) is 6.54 Å². The molecule has 0 aromatic heterocycles. The molecule has 2 rings (SSSR count). The standard InChI is InChI=1S/C16H33N3/c1-4-10-18-11-6-8-16(14-17,9-13-18)19-12-5-7-15(19,2)3/h4-14,17H2,1-3H3. The van der Waals surface area contributed by atoms with Gasteiger partial charge in [0.15, 0.2) is 0 Å². The molecule has 2 heterocycles. The predicted octanol–water partition coefficient (Wildman–Crippen LogP) is 2.45. The summed E-state index contributed by atoms with van der Waals surface area (Å²) in [6.45, 7) is 12.9. The first kappa shape index (κ1) is 15.3. The first-order chi connectivity index (χ1) is 9.04. The molecule has 2 saturated heterocycles. The van der Waals surface area contributed by atoms with Gasteiger partial charge >= 0.3 is 0 Å². The Morgan fingerprint density at radius 2 is 1.74 bits per heavy atom. The molecule has 19 heavy (non-hydrogen) atoms. The minimum atomic E-state index is 0.266. The maximum absolute atomic E-state index is 6.27. The van der Waals surface area contributed by atoms with Crippen LogP contribution in [0.5, 0.6) is 0 Å². The van der Waals surface area contributed by atoms with E-state index < -0.39 is 0 Å². The van der Waals surface area contributed by atoms with Gasteiger partial charge in [-0.2, -0.15) is 0 Å². The van der Waals surface area contributed by atoms with E-state index in [2.05, 4.69) is 30.6 Å². The summed E-state index contributed by atoms with van der Waals surface area (Å²) in [5, 5.41) is 0.